The first kappa shape index (κ1) is 13.8. The van der Waals surface area contributed by atoms with Gasteiger partial charge in [0.15, 0.2) is 0 Å². The van der Waals surface area contributed by atoms with Crippen molar-refractivity contribution in [1.29, 1.82) is 0 Å². The lowest BCUT2D eigenvalue weighted by Gasteiger charge is -2.41. The van der Waals surface area contributed by atoms with Crippen molar-refractivity contribution in [2.24, 2.45) is 0 Å². The summed E-state index contributed by atoms with van der Waals surface area (Å²) in [7, 11) is 0. The van der Waals surface area contributed by atoms with Gasteiger partial charge >= 0.3 is 0 Å². The van der Waals surface area contributed by atoms with Crippen LogP contribution in [0.5, 0.6) is 5.75 Å². The third kappa shape index (κ3) is 1.79. The molecule has 2 aromatic carbocycles. The van der Waals surface area contributed by atoms with Gasteiger partial charge in [0.2, 0.25) is 5.72 Å². The highest BCUT2D eigenvalue weighted by Crippen LogP contribution is 2.51. The van der Waals surface area contributed by atoms with Gasteiger partial charge in [0.1, 0.15) is 5.75 Å². The fourth-order valence-electron chi connectivity index (χ4n) is 3.38. The predicted octanol–water partition coefficient (Wildman–Crippen LogP) is 4.10. The molecule has 4 rings (SSSR count). The lowest BCUT2D eigenvalue weighted by molar-refractivity contribution is -0.384. The highest BCUT2D eigenvalue weighted by Gasteiger charge is 2.54. The maximum atomic E-state index is 10.9. The quantitative estimate of drug-likeness (QED) is 0.636. The van der Waals surface area contributed by atoms with E-state index < -0.39 is 10.6 Å². The Bertz CT molecular complexity index is 857. The van der Waals surface area contributed by atoms with Gasteiger partial charge in [0.05, 0.1) is 10.3 Å². The van der Waals surface area contributed by atoms with Crippen LogP contribution in [-0.4, -0.2) is 10.6 Å². The number of ether oxygens (including phenoxy) is 1. The average Bonchev–Trinajstić information content (AvgIpc) is 2.74. The van der Waals surface area contributed by atoms with Crippen LogP contribution in [-0.2, 0) is 5.41 Å². The molecule has 2 aromatic rings. The van der Waals surface area contributed by atoms with Crippen LogP contribution in [0.15, 0.2) is 48.5 Å². The van der Waals surface area contributed by atoms with Gasteiger partial charge in [-0.2, -0.15) is 0 Å². The zero-order chi connectivity index (χ0) is 16.2. The molecule has 1 atom stereocenters. The minimum Gasteiger partial charge on any atom is -0.463 e. The minimum atomic E-state index is -0.695. The number of anilines is 1. The highest BCUT2D eigenvalue weighted by molar-refractivity contribution is 5.71. The van der Waals surface area contributed by atoms with E-state index in [4.69, 9.17) is 4.74 Å². The number of benzene rings is 2. The summed E-state index contributed by atoms with van der Waals surface area (Å²) in [5.74, 6) is 0.645. The Balaban J connectivity index is 1.79. The lowest BCUT2D eigenvalue weighted by Crippen LogP contribution is -2.53. The third-order valence-corrected chi connectivity index (χ3v) is 4.82. The van der Waals surface area contributed by atoms with E-state index in [1.807, 2.05) is 30.4 Å². The number of nitrogens with one attached hydrogen (secondary N) is 1. The number of hydrogen-bond donors (Lipinski definition) is 1. The van der Waals surface area contributed by atoms with E-state index in [0.717, 1.165) is 11.3 Å². The molecule has 1 spiro atoms. The molecule has 0 fully saturated rings. The van der Waals surface area contributed by atoms with Crippen molar-refractivity contribution in [3.8, 4) is 5.75 Å². The standard InChI is InChI=1S/C18H16N2O3/c1-17(2)14-5-3-4-6-15(14)19-18(17)10-9-12-11-13(20(21)22)7-8-16(12)23-18/h3-11,19H,1-2H3/t18-/m1/s1. The second-order valence-electron chi connectivity index (χ2n) is 6.45. The van der Waals surface area contributed by atoms with Crippen LogP contribution in [0, 0.1) is 10.1 Å². The molecule has 2 heterocycles. The Morgan fingerprint density at radius 3 is 2.70 bits per heavy atom. The van der Waals surface area contributed by atoms with Crippen molar-refractivity contribution in [2.45, 2.75) is 25.0 Å². The van der Waals surface area contributed by atoms with Gasteiger partial charge in [-0.15, -0.1) is 0 Å². The number of fused-ring (bicyclic) bond motifs is 2. The lowest BCUT2D eigenvalue weighted by atomic mass is 9.76. The van der Waals surface area contributed by atoms with Crippen LogP contribution in [0.25, 0.3) is 6.08 Å². The maximum absolute atomic E-state index is 10.9. The smallest absolute Gasteiger partial charge is 0.270 e. The van der Waals surface area contributed by atoms with E-state index in [-0.39, 0.29) is 11.1 Å². The van der Waals surface area contributed by atoms with E-state index in [2.05, 4.69) is 25.2 Å². The molecule has 0 bridgehead atoms. The van der Waals surface area contributed by atoms with Gasteiger partial charge < -0.3 is 10.1 Å². The molecule has 0 amide bonds. The summed E-state index contributed by atoms with van der Waals surface area (Å²) in [6.07, 6.45) is 3.85. The van der Waals surface area contributed by atoms with Crippen molar-refractivity contribution in [3.05, 3.63) is 69.8 Å². The van der Waals surface area contributed by atoms with E-state index >= 15 is 0 Å². The number of rotatable bonds is 1. The van der Waals surface area contributed by atoms with Crippen LogP contribution < -0.4 is 10.1 Å². The van der Waals surface area contributed by atoms with Crippen LogP contribution in [0.2, 0.25) is 0 Å². The van der Waals surface area contributed by atoms with Crippen molar-refractivity contribution in [2.75, 3.05) is 5.32 Å². The number of hydrogen-bond acceptors (Lipinski definition) is 4. The Hall–Kier alpha value is -2.82. The molecule has 0 aliphatic carbocycles. The summed E-state index contributed by atoms with van der Waals surface area (Å²) in [6, 6.07) is 12.8. The number of nitrogens with zero attached hydrogens (tertiary/aromatic N) is 1. The SMILES string of the molecule is CC1(C)c2ccccc2N[C@@]12C=Cc1cc([N+](=O)[O-])ccc1O2. The Morgan fingerprint density at radius 2 is 1.96 bits per heavy atom. The van der Waals surface area contributed by atoms with E-state index in [1.165, 1.54) is 17.7 Å². The van der Waals surface area contributed by atoms with Crippen LogP contribution in [0.1, 0.15) is 25.0 Å². The van der Waals surface area contributed by atoms with E-state index in [1.54, 1.807) is 6.07 Å². The van der Waals surface area contributed by atoms with Gasteiger partial charge in [0.25, 0.3) is 5.69 Å². The molecule has 23 heavy (non-hydrogen) atoms. The minimum absolute atomic E-state index is 0.0647. The van der Waals surface area contributed by atoms with E-state index in [9.17, 15) is 10.1 Å². The highest BCUT2D eigenvalue weighted by atomic mass is 16.6. The number of non-ortho nitro benzene ring substituents is 1. The normalized spacial score (nSPS) is 22.9. The first-order valence-corrected chi connectivity index (χ1v) is 7.47. The average molecular weight is 308 g/mol. The molecule has 0 saturated heterocycles. The topological polar surface area (TPSA) is 64.4 Å². The molecule has 5 nitrogen and oxygen atoms in total. The van der Waals surface area contributed by atoms with Gasteiger partial charge in [-0.3, -0.25) is 10.1 Å². The van der Waals surface area contributed by atoms with Crippen molar-refractivity contribution >= 4 is 17.5 Å². The largest absolute Gasteiger partial charge is 0.463 e. The third-order valence-electron chi connectivity index (χ3n) is 4.82. The molecule has 116 valence electrons. The molecule has 0 saturated carbocycles. The zero-order valence-electron chi connectivity index (χ0n) is 12.9. The summed E-state index contributed by atoms with van der Waals surface area (Å²) < 4.78 is 6.29. The number of nitro benzene ring substituents is 1. The monoisotopic (exact) mass is 308 g/mol. The van der Waals surface area contributed by atoms with E-state index in [0.29, 0.717) is 5.75 Å². The van der Waals surface area contributed by atoms with Gasteiger partial charge in [0, 0.05) is 23.4 Å². The molecule has 0 aromatic heterocycles. The maximum Gasteiger partial charge on any atom is 0.270 e. The van der Waals surface area contributed by atoms with Gasteiger partial charge in [-0.1, -0.05) is 18.2 Å². The van der Waals surface area contributed by atoms with Gasteiger partial charge in [-0.05, 0) is 43.7 Å². The summed E-state index contributed by atoms with van der Waals surface area (Å²) in [5.41, 5.74) is 2.05. The van der Waals surface area contributed by atoms with Crippen molar-refractivity contribution in [1.82, 2.24) is 0 Å². The fraction of sp³-hybridized carbons (Fsp3) is 0.222. The molecular weight excluding hydrogens is 292 g/mol. The molecule has 0 unspecified atom stereocenters. The molecular formula is C18H16N2O3. The first-order valence-electron chi connectivity index (χ1n) is 7.47. The molecule has 2 aliphatic heterocycles. The number of nitro groups is 1. The molecule has 5 heteroatoms. The van der Waals surface area contributed by atoms with Gasteiger partial charge in [-0.25, -0.2) is 0 Å². The molecule has 0 radical (unpaired) electrons. The zero-order valence-corrected chi connectivity index (χ0v) is 12.9. The summed E-state index contributed by atoms with van der Waals surface area (Å²) in [6.45, 7) is 4.26. The second-order valence-corrected chi connectivity index (χ2v) is 6.45. The predicted molar refractivity (Wildman–Crippen MR) is 88.6 cm³/mol. The Kier molecular flexibility index (Phi) is 2.61. The first-order chi connectivity index (χ1) is 10.9. The summed E-state index contributed by atoms with van der Waals surface area (Å²) in [4.78, 5) is 10.5. The summed E-state index contributed by atoms with van der Waals surface area (Å²) in [5, 5.41) is 14.4. The van der Waals surface area contributed by atoms with Crippen LogP contribution >= 0.6 is 0 Å². The molecule has 1 N–H and O–H groups in total. The van der Waals surface area contributed by atoms with Crippen molar-refractivity contribution < 1.29 is 9.66 Å². The van der Waals surface area contributed by atoms with Crippen LogP contribution in [0.3, 0.4) is 0 Å². The fourth-order valence-corrected chi connectivity index (χ4v) is 3.38. The van der Waals surface area contributed by atoms with Crippen LogP contribution in [0.4, 0.5) is 11.4 Å². The Labute approximate surface area is 133 Å². The summed E-state index contributed by atoms with van der Waals surface area (Å²) >= 11 is 0. The second kappa shape index (κ2) is 4.35. The Morgan fingerprint density at radius 1 is 1.17 bits per heavy atom. The molecule has 2 aliphatic rings. The number of para-hydroxylation sites is 1. The van der Waals surface area contributed by atoms with Crippen molar-refractivity contribution in [3.63, 3.8) is 0 Å².